The van der Waals surface area contributed by atoms with E-state index in [1.165, 1.54) is 8.61 Å². The third kappa shape index (κ3) is 2.97. The first kappa shape index (κ1) is 13.2. The number of methoxy groups -OCH3 is 1. The van der Waals surface area contributed by atoms with Crippen LogP contribution >= 0.6 is 0 Å². The van der Waals surface area contributed by atoms with Crippen LogP contribution in [0, 0.1) is 0 Å². The second-order valence-corrected chi connectivity index (χ2v) is 6.34. The van der Waals surface area contributed by atoms with Gasteiger partial charge in [-0.25, -0.2) is 0 Å². The summed E-state index contributed by atoms with van der Waals surface area (Å²) >= 11 is 0. The molecule has 0 N–H and O–H groups in total. The highest BCUT2D eigenvalue weighted by atomic mass is 32.2. The first-order valence-corrected chi connectivity index (χ1v) is 7.40. The normalized spacial score (nSPS) is 23.4. The molecule has 0 amide bonds. The zero-order valence-electron chi connectivity index (χ0n) is 10.2. The molecule has 0 aromatic heterocycles. The Morgan fingerprint density at radius 3 is 2.41 bits per heavy atom. The van der Waals surface area contributed by atoms with Gasteiger partial charge in [-0.2, -0.15) is 17.0 Å². The lowest BCUT2D eigenvalue weighted by molar-refractivity contribution is -0.0283. The highest BCUT2D eigenvalue weighted by Crippen LogP contribution is 2.23. The molecule has 0 bridgehead atoms. The van der Waals surface area contributed by atoms with E-state index < -0.39 is 10.2 Å². The van der Waals surface area contributed by atoms with Crippen LogP contribution in [0.4, 0.5) is 0 Å². The standard InChI is InChI=1S/C10H20N2O4S/c1-15-6-3-7-16-10-8-12(9-10)17(13,14)11-4-2-5-11/h10H,2-9H2,1H3. The predicted octanol–water partition coefficient (Wildman–Crippen LogP) is -0.326. The summed E-state index contributed by atoms with van der Waals surface area (Å²) in [6.07, 6.45) is 1.89. The fourth-order valence-corrected chi connectivity index (χ4v) is 3.58. The van der Waals surface area contributed by atoms with Crippen LogP contribution < -0.4 is 0 Å². The molecule has 0 unspecified atom stereocenters. The van der Waals surface area contributed by atoms with Gasteiger partial charge in [0.15, 0.2) is 0 Å². The van der Waals surface area contributed by atoms with Crippen LogP contribution in [-0.2, 0) is 19.7 Å². The Morgan fingerprint density at radius 1 is 1.18 bits per heavy atom. The van der Waals surface area contributed by atoms with E-state index in [0.29, 0.717) is 39.4 Å². The maximum Gasteiger partial charge on any atom is 0.282 e. The van der Waals surface area contributed by atoms with Crippen molar-refractivity contribution in [2.45, 2.75) is 18.9 Å². The van der Waals surface area contributed by atoms with Crippen LogP contribution in [0.25, 0.3) is 0 Å². The maximum absolute atomic E-state index is 11.9. The van der Waals surface area contributed by atoms with Crippen molar-refractivity contribution in [2.75, 3.05) is 46.5 Å². The Hall–Kier alpha value is -0.210. The maximum atomic E-state index is 11.9. The number of hydrogen-bond acceptors (Lipinski definition) is 4. The number of rotatable bonds is 7. The van der Waals surface area contributed by atoms with E-state index in [9.17, 15) is 8.42 Å². The largest absolute Gasteiger partial charge is 0.385 e. The molecule has 2 fully saturated rings. The molecule has 0 aromatic carbocycles. The lowest BCUT2D eigenvalue weighted by Crippen LogP contribution is -2.60. The Bertz CT molecular complexity index is 336. The molecule has 100 valence electrons. The molecule has 0 saturated carbocycles. The fourth-order valence-electron chi connectivity index (χ4n) is 1.83. The second kappa shape index (κ2) is 5.62. The first-order chi connectivity index (χ1) is 8.14. The van der Waals surface area contributed by atoms with E-state index in [-0.39, 0.29) is 6.10 Å². The predicted molar refractivity (Wildman–Crippen MR) is 62.9 cm³/mol. The van der Waals surface area contributed by atoms with E-state index in [1.54, 1.807) is 7.11 Å². The van der Waals surface area contributed by atoms with Crippen molar-refractivity contribution in [1.29, 1.82) is 0 Å². The highest BCUT2D eigenvalue weighted by molar-refractivity contribution is 7.86. The molecule has 0 atom stereocenters. The fraction of sp³-hybridized carbons (Fsp3) is 1.00. The molecule has 0 spiro atoms. The summed E-state index contributed by atoms with van der Waals surface area (Å²) in [5.74, 6) is 0. The minimum atomic E-state index is -3.17. The highest BCUT2D eigenvalue weighted by Gasteiger charge is 2.41. The first-order valence-electron chi connectivity index (χ1n) is 6.00. The van der Waals surface area contributed by atoms with Crippen molar-refractivity contribution < 1.29 is 17.9 Å². The van der Waals surface area contributed by atoms with Crippen molar-refractivity contribution in [1.82, 2.24) is 8.61 Å². The second-order valence-electron chi connectivity index (χ2n) is 4.42. The van der Waals surface area contributed by atoms with Gasteiger partial charge < -0.3 is 9.47 Å². The summed E-state index contributed by atoms with van der Waals surface area (Å²) in [6, 6.07) is 0. The lowest BCUT2D eigenvalue weighted by Gasteiger charge is -2.42. The summed E-state index contributed by atoms with van der Waals surface area (Å²) in [7, 11) is -1.51. The summed E-state index contributed by atoms with van der Waals surface area (Å²) in [5.41, 5.74) is 0. The van der Waals surface area contributed by atoms with Crippen LogP contribution in [0.3, 0.4) is 0 Å². The van der Waals surface area contributed by atoms with E-state index in [2.05, 4.69) is 0 Å². The van der Waals surface area contributed by atoms with Crippen LogP contribution in [-0.4, -0.2) is 69.6 Å². The molecule has 17 heavy (non-hydrogen) atoms. The Morgan fingerprint density at radius 2 is 1.88 bits per heavy atom. The van der Waals surface area contributed by atoms with Crippen LogP contribution in [0.2, 0.25) is 0 Å². The molecule has 2 heterocycles. The SMILES string of the molecule is COCCCOC1CN(S(=O)(=O)N2CCC2)C1. The summed E-state index contributed by atoms with van der Waals surface area (Å²) < 4.78 is 37.2. The molecule has 2 aliphatic rings. The van der Waals surface area contributed by atoms with Gasteiger partial charge in [-0.1, -0.05) is 0 Å². The van der Waals surface area contributed by atoms with Crippen LogP contribution in [0.15, 0.2) is 0 Å². The molecule has 0 aliphatic carbocycles. The van der Waals surface area contributed by atoms with E-state index >= 15 is 0 Å². The molecule has 2 aliphatic heterocycles. The van der Waals surface area contributed by atoms with Gasteiger partial charge >= 0.3 is 0 Å². The Balaban J connectivity index is 1.64. The quantitative estimate of drug-likeness (QED) is 0.591. The molecule has 2 saturated heterocycles. The van der Waals surface area contributed by atoms with E-state index in [0.717, 1.165) is 12.8 Å². The van der Waals surface area contributed by atoms with Gasteiger partial charge in [0.05, 0.1) is 6.10 Å². The van der Waals surface area contributed by atoms with Gasteiger partial charge in [-0.05, 0) is 12.8 Å². The zero-order valence-corrected chi connectivity index (χ0v) is 11.0. The molecular weight excluding hydrogens is 244 g/mol. The van der Waals surface area contributed by atoms with Crippen molar-refractivity contribution in [3.8, 4) is 0 Å². The molecule has 6 nitrogen and oxygen atoms in total. The molecular formula is C10H20N2O4S. The smallest absolute Gasteiger partial charge is 0.282 e. The summed E-state index contributed by atoms with van der Waals surface area (Å²) in [4.78, 5) is 0. The average molecular weight is 264 g/mol. The Labute approximate surface area is 103 Å². The van der Waals surface area contributed by atoms with Gasteiger partial charge in [-0.15, -0.1) is 0 Å². The van der Waals surface area contributed by atoms with Crippen LogP contribution in [0.1, 0.15) is 12.8 Å². The lowest BCUT2D eigenvalue weighted by atomic mass is 10.2. The average Bonchev–Trinajstić information content (AvgIpc) is 2.10. The topological polar surface area (TPSA) is 59.1 Å². The minimum absolute atomic E-state index is 0.0582. The van der Waals surface area contributed by atoms with Crippen molar-refractivity contribution in [2.24, 2.45) is 0 Å². The van der Waals surface area contributed by atoms with Gasteiger partial charge in [0.2, 0.25) is 0 Å². The molecule has 7 heteroatoms. The number of nitrogens with zero attached hydrogens (tertiary/aromatic N) is 2. The van der Waals surface area contributed by atoms with Crippen molar-refractivity contribution in [3.63, 3.8) is 0 Å². The third-order valence-corrected chi connectivity index (χ3v) is 5.10. The van der Waals surface area contributed by atoms with Crippen LogP contribution in [0.5, 0.6) is 0 Å². The van der Waals surface area contributed by atoms with Gasteiger partial charge in [0, 0.05) is 46.5 Å². The number of ether oxygens (including phenoxy) is 2. The molecule has 0 radical (unpaired) electrons. The van der Waals surface area contributed by atoms with Crippen molar-refractivity contribution >= 4 is 10.2 Å². The van der Waals surface area contributed by atoms with Gasteiger partial charge in [0.25, 0.3) is 10.2 Å². The van der Waals surface area contributed by atoms with E-state index in [1.807, 2.05) is 0 Å². The monoisotopic (exact) mass is 264 g/mol. The number of hydrogen-bond donors (Lipinski definition) is 0. The summed E-state index contributed by atoms with van der Waals surface area (Å²) in [5, 5.41) is 0. The Kier molecular flexibility index (Phi) is 4.37. The molecule has 0 aromatic rings. The zero-order chi connectivity index (χ0) is 12.3. The molecule has 2 rings (SSSR count). The van der Waals surface area contributed by atoms with Gasteiger partial charge in [0.1, 0.15) is 0 Å². The third-order valence-electron chi connectivity index (χ3n) is 3.13. The van der Waals surface area contributed by atoms with Crippen molar-refractivity contribution in [3.05, 3.63) is 0 Å². The summed E-state index contributed by atoms with van der Waals surface area (Å²) in [6.45, 7) is 3.63. The van der Waals surface area contributed by atoms with Gasteiger partial charge in [-0.3, -0.25) is 0 Å². The van der Waals surface area contributed by atoms with E-state index in [4.69, 9.17) is 9.47 Å². The minimum Gasteiger partial charge on any atom is -0.385 e.